The summed E-state index contributed by atoms with van der Waals surface area (Å²) in [5.74, 6) is 0.588. The molecule has 3 heteroatoms. The Morgan fingerprint density at radius 1 is 1.50 bits per heavy atom. The summed E-state index contributed by atoms with van der Waals surface area (Å²) in [5, 5.41) is 18.2. The van der Waals surface area contributed by atoms with Crippen molar-refractivity contribution >= 4 is 0 Å². The van der Waals surface area contributed by atoms with Gasteiger partial charge < -0.3 is 14.9 Å². The molecule has 1 saturated heterocycles. The third kappa shape index (κ3) is 0.713. The topological polar surface area (TPSA) is 49.7 Å². The number of hydrogen-bond acceptors (Lipinski definition) is 3. The van der Waals surface area contributed by atoms with Gasteiger partial charge in [-0.3, -0.25) is 0 Å². The average molecular weight is 144 g/mol. The number of hydrogen-bond donors (Lipinski definition) is 2. The maximum Gasteiger partial charge on any atom is 0.0887 e. The summed E-state index contributed by atoms with van der Waals surface area (Å²) in [6.45, 7) is 0.871. The normalized spacial score (nSPS) is 52.2. The summed E-state index contributed by atoms with van der Waals surface area (Å²) in [7, 11) is 0. The van der Waals surface area contributed by atoms with Crippen molar-refractivity contribution in [2.75, 3.05) is 13.2 Å². The minimum atomic E-state index is -0.413. The highest BCUT2D eigenvalue weighted by Gasteiger charge is 2.48. The fraction of sp³-hybridized carbons (Fsp3) is 1.00. The fourth-order valence-electron chi connectivity index (χ4n) is 1.90. The Balaban J connectivity index is 2.02. The van der Waals surface area contributed by atoms with Crippen LogP contribution in [0, 0.1) is 11.8 Å². The van der Waals surface area contributed by atoms with Gasteiger partial charge in [-0.15, -0.1) is 0 Å². The van der Waals surface area contributed by atoms with Crippen LogP contribution in [0.25, 0.3) is 0 Å². The second-order valence-corrected chi connectivity index (χ2v) is 3.23. The van der Waals surface area contributed by atoms with Gasteiger partial charge in [0.1, 0.15) is 0 Å². The van der Waals surface area contributed by atoms with Crippen molar-refractivity contribution < 1.29 is 14.9 Å². The zero-order valence-corrected chi connectivity index (χ0v) is 5.73. The standard InChI is InChI=1S/C7H12O3/c8-2-4-1-5-3-10-7(5)6(4)9/h4-9H,1-3H2. The molecule has 10 heavy (non-hydrogen) atoms. The van der Waals surface area contributed by atoms with E-state index in [1.54, 1.807) is 0 Å². The van der Waals surface area contributed by atoms with Crippen molar-refractivity contribution in [1.29, 1.82) is 0 Å². The van der Waals surface area contributed by atoms with Crippen molar-refractivity contribution in [3.8, 4) is 0 Å². The molecule has 2 fully saturated rings. The van der Waals surface area contributed by atoms with Crippen LogP contribution in [0.3, 0.4) is 0 Å². The van der Waals surface area contributed by atoms with Gasteiger partial charge in [0, 0.05) is 18.4 Å². The number of fused-ring (bicyclic) bond motifs is 1. The number of rotatable bonds is 1. The zero-order chi connectivity index (χ0) is 7.14. The van der Waals surface area contributed by atoms with E-state index in [1.165, 1.54) is 0 Å². The molecule has 0 amide bonds. The summed E-state index contributed by atoms with van der Waals surface area (Å²) in [5.41, 5.74) is 0. The van der Waals surface area contributed by atoms with Gasteiger partial charge in [0.25, 0.3) is 0 Å². The van der Waals surface area contributed by atoms with E-state index in [2.05, 4.69) is 0 Å². The van der Waals surface area contributed by atoms with Gasteiger partial charge in [0.15, 0.2) is 0 Å². The molecule has 1 aliphatic heterocycles. The summed E-state index contributed by atoms with van der Waals surface area (Å²) in [6, 6.07) is 0. The van der Waals surface area contributed by atoms with Gasteiger partial charge in [0.05, 0.1) is 18.8 Å². The number of ether oxygens (including phenoxy) is 1. The molecule has 0 radical (unpaired) electrons. The molecule has 0 aromatic heterocycles. The Bertz CT molecular complexity index is 137. The first-order chi connectivity index (χ1) is 4.83. The van der Waals surface area contributed by atoms with Crippen LogP contribution in [-0.4, -0.2) is 35.6 Å². The lowest BCUT2D eigenvalue weighted by Crippen LogP contribution is -2.42. The predicted molar refractivity (Wildman–Crippen MR) is 34.4 cm³/mol. The Morgan fingerprint density at radius 3 is 2.60 bits per heavy atom. The van der Waals surface area contributed by atoms with Crippen LogP contribution >= 0.6 is 0 Å². The molecule has 0 bridgehead atoms. The lowest BCUT2D eigenvalue weighted by atomic mass is 10.0. The summed E-state index contributed by atoms with van der Waals surface area (Å²) < 4.78 is 5.14. The quantitative estimate of drug-likeness (QED) is 0.515. The molecule has 2 rings (SSSR count). The molecule has 1 heterocycles. The van der Waals surface area contributed by atoms with Gasteiger partial charge >= 0.3 is 0 Å². The van der Waals surface area contributed by atoms with Gasteiger partial charge in [-0.05, 0) is 6.42 Å². The van der Waals surface area contributed by atoms with Crippen LogP contribution in [0.15, 0.2) is 0 Å². The van der Waals surface area contributed by atoms with Crippen molar-refractivity contribution in [2.24, 2.45) is 11.8 Å². The smallest absolute Gasteiger partial charge is 0.0887 e. The lowest BCUT2D eigenvalue weighted by Gasteiger charge is -2.32. The van der Waals surface area contributed by atoms with E-state index in [0.717, 1.165) is 13.0 Å². The first-order valence-electron chi connectivity index (χ1n) is 3.73. The minimum Gasteiger partial charge on any atom is -0.396 e. The van der Waals surface area contributed by atoms with Crippen molar-refractivity contribution in [3.63, 3.8) is 0 Å². The molecular formula is C7H12O3. The molecule has 1 saturated carbocycles. The van der Waals surface area contributed by atoms with Crippen molar-refractivity contribution in [2.45, 2.75) is 18.6 Å². The fourth-order valence-corrected chi connectivity index (χ4v) is 1.90. The number of aliphatic hydroxyl groups excluding tert-OH is 2. The Morgan fingerprint density at radius 2 is 2.30 bits per heavy atom. The molecule has 4 unspecified atom stereocenters. The molecule has 4 atom stereocenters. The van der Waals surface area contributed by atoms with Gasteiger partial charge in [-0.2, -0.15) is 0 Å². The average Bonchev–Trinajstić information content (AvgIpc) is 2.05. The predicted octanol–water partition coefficient (Wildman–Crippen LogP) is -0.626. The van der Waals surface area contributed by atoms with E-state index in [4.69, 9.17) is 9.84 Å². The molecule has 2 aliphatic rings. The molecule has 3 nitrogen and oxygen atoms in total. The zero-order valence-electron chi connectivity index (χ0n) is 5.73. The van der Waals surface area contributed by atoms with Crippen molar-refractivity contribution in [3.05, 3.63) is 0 Å². The second kappa shape index (κ2) is 2.19. The van der Waals surface area contributed by atoms with Crippen LogP contribution in [0.4, 0.5) is 0 Å². The van der Waals surface area contributed by atoms with Crippen molar-refractivity contribution in [1.82, 2.24) is 0 Å². The SMILES string of the molecule is OCC1CC2COC2C1O. The third-order valence-corrected chi connectivity index (χ3v) is 2.63. The first kappa shape index (κ1) is 6.58. The molecular weight excluding hydrogens is 132 g/mol. The first-order valence-corrected chi connectivity index (χ1v) is 3.73. The molecule has 58 valence electrons. The Labute approximate surface area is 59.6 Å². The van der Waals surface area contributed by atoms with E-state index < -0.39 is 6.10 Å². The summed E-state index contributed by atoms with van der Waals surface area (Å²) >= 11 is 0. The van der Waals surface area contributed by atoms with E-state index in [1.807, 2.05) is 0 Å². The maximum absolute atomic E-state index is 9.39. The monoisotopic (exact) mass is 144 g/mol. The second-order valence-electron chi connectivity index (χ2n) is 3.23. The number of aliphatic hydroxyl groups is 2. The van der Waals surface area contributed by atoms with Gasteiger partial charge in [-0.25, -0.2) is 0 Å². The highest BCUT2D eigenvalue weighted by atomic mass is 16.5. The molecule has 2 N–H and O–H groups in total. The minimum absolute atomic E-state index is 0.0390. The van der Waals surface area contributed by atoms with E-state index >= 15 is 0 Å². The molecule has 1 aliphatic carbocycles. The molecule has 0 spiro atoms. The highest BCUT2D eigenvalue weighted by Crippen LogP contribution is 2.39. The Kier molecular flexibility index (Phi) is 1.44. The van der Waals surface area contributed by atoms with Crippen LogP contribution in [0.5, 0.6) is 0 Å². The van der Waals surface area contributed by atoms with Crippen LogP contribution in [0.1, 0.15) is 6.42 Å². The Hall–Kier alpha value is -0.120. The van der Waals surface area contributed by atoms with Crippen LogP contribution in [0.2, 0.25) is 0 Å². The van der Waals surface area contributed by atoms with Crippen LogP contribution < -0.4 is 0 Å². The molecule has 0 aromatic carbocycles. The van der Waals surface area contributed by atoms with E-state index in [-0.39, 0.29) is 18.6 Å². The summed E-state index contributed by atoms with van der Waals surface area (Å²) in [6.07, 6.45) is 0.559. The van der Waals surface area contributed by atoms with Gasteiger partial charge in [0.2, 0.25) is 0 Å². The van der Waals surface area contributed by atoms with Gasteiger partial charge in [-0.1, -0.05) is 0 Å². The van der Waals surface area contributed by atoms with E-state index in [0.29, 0.717) is 5.92 Å². The highest BCUT2D eigenvalue weighted by molar-refractivity contribution is 4.96. The van der Waals surface area contributed by atoms with Crippen LogP contribution in [-0.2, 0) is 4.74 Å². The lowest BCUT2D eigenvalue weighted by molar-refractivity contribution is -0.139. The maximum atomic E-state index is 9.39. The molecule has 0 aromatic rings. The van der Waals surface area contributed by atoms with E-state index in [9.17, 15) is 5.11 Å². The third-order valence-electron chi connectivity index (χ3n) is 2.63. The largest absolute Gasteiger partial charge is 0.396 e. The summed E-state index contributed by atoms with van der Waals surface area (Å²) in [4.78, 5) is 0.